The van der Waals surface area contributed by atoms with E-state index in [0.29, 0.717) is 17.9 Å². The zero-order valence-corrected chi connectivity index (χ0v) is 12.3. The Hall–Kier alpha value is -1.23. The average molecular weight is 317 g/mol. The van der Waals surface area contributed by atoms with Crippen LogP contribution < -0.4 is 9.47 Å². The number of ether oxygens (including phenoxy) is 2. The van der Waals surface area contributed by atoms with Crippen molar-refractivity contribution < 1.29 is 19.4 Å². The fraction of sp³-hybridized carbons (Fsp3) is 0.462. The molecular formula is C13H17BrO4. The van der Waals surface area contributed by atoms with Gasteiger partial charge in [-0.1, -0.05) is 15.9 Å². The number of rotatable bonds is 6. The van der Waals surface area contributed by atoms with E-state index in [1.54, 1.807) is 13.2 Å². The Balaban J connectivity index is 3.00. The molecule has 1 aromatic rings. The lowest BCUT2D eigenvalue weighted by Crippen LogP contribution is -2.07. The lowest BCUT2D eigenvalue weighted by molar-refractivity contribution is -0.136. The van der Waals surface area contributed by atoms with Crippen LogP contribution in [0.2, 0.25) is 0 Å². The van der Waals surface area contributed by atoms with Gasteiger partial charge in [0.15, 0.2) is 11.5 Å². The highest BCUT2D eigenvalue weighted by atomic mass is 79.9. The molecule has 1 N–H and O–H groups in total. The summed E-state index contributed by atoms with van der Waals surface area (Å²) >= 11 is 3.41. The zero-order valence-electron chi connectivity index (χ0n) is 10.7. The normalized spacial score (nSPS) is 10.5. The zero-order chi connectivity index (χ0) is 13.7. The van der Waals surface area contributed by atoms with Crippen molar-refractivity contribution in [2.24, 2.45) is 0 Å². The molecule has 0 radical (unpaired) electrons. The van der Waals surface area contributed by atoms with Crippen LogP contribution in [0.25, 0.3) is 0 Å². The van der Waals surface area contributed by atoms with Crippen LogP contribution in [0.15, 0.2) is 16.6 Å². The van der Waals surface area contributed by atoms with Crippen LogP contribution >= 0.6 is 15.9 Å². The summed E-state index contributed by atoms with van der Waals surface area (Å²) in [4.78, 5) is 10.6. The second kappa shape index (κ2) is 6.64. The van der Waals surface area contributed by atoms with Crippen molar-refractivity contribution in [1.82, 2.24) is 0 Å². The Bertz CT molecular complexity index is 429. The first-order chi connectivity index (χ1) is 8.43. The molecule has 0 atom stereocenters. The molecule has 0 aromatic heterocycles. The van der Waals surface area contributed by atoms with Crippen LogP contribution in [-0.4, -0.2) is 24.3 Å². The maximum atomic E-state index is 10.6. The minimum atomic E-state index is -0.816. The van der Waals surface area contributed by atoms with E-state index in [2.05, 4.69) is 15.9 Å². The number of aliphatic carboxylic acids is 1. The number of hydrogen-bond donors (Lipinski definition) is 1. The molecule has 5 heteroatoms. The van der Waals surface area contributed by atoms with E-state index in [1.165, 1.54) is 0 Å². The summed E-state index contributed by atoms with van der Waals surface area (Å²) in [6.07, 6.45) is 0.577. The molecule has 18 heavy (non-hydrogen) atoms. The fourth-order valence-corrected chi connectivity index (χ4v) is 2.04. The summed E-state index contributed by atoms with van der Waals surface area (Å²) in [5.74, 6) is 0.454. The lowest BCUT2D eigenvalue weighted by atomic mass is 10.1. The van der Waals surface area contributed by atoms with E-state index >= 15 is 0 Å². The minimum absolute atomic E-state index is 0.0346. The molecule has 4 nitrogen and oxygen atoms in total. The average Bonchev–Trinajstić information content (AvgIpc) is 2.28. The third-order valence-electron chi connectivity index (χ3n) is 2.30. The molecule has 0 aliphatic heterocycles. The maximum absolute atomic E-state index is 10.6. The number of benzene rings is 1. The predicted octanol–water partition coefficient (Wildman–Crippen LogP) is 3.26. The van der Waals surface area contributed by atoms with Gasteiger partial charge in [0.05, 0.1) is 13.2 Å². The highest BCUT2D eigenvalue weighted by Gasteiger charge is 2.12. The molecule has 0 saturated heterocycles. The highest BCUT2D eigenvalue weighted by molar-refractivity contribution is 9.10. The number of halogens is 1. The molecule has 0 aliphatic rings. The second-order valence-corrected chi connectivity index (χ2v) is 5.01. The number of carboxylic acid groups (broad SMARTS) is 1. The van der Waals surface area contributed by atoms with Gasteiger partial charge >= 0.3 is 5.97 Å². The summed E-state index contributed by atoms with van der Waals surface area (Å²) in [6.45, 7) is 3.86. The summed E-state index contributed by atoms with van der Waals surface area (Å²) in [7, 11) is 1.58. The Kier molecular flexibility index (Phi) is 5.47. The van der Waals surface area contributed by atoms with Gasteiger partial charge in [-0.2, -0.15) is 0 Å². The Morgan fingerprint density at radius 3 is 2.56 bits per heavy atom. The van der Waals surface area contributed by atoms with E-state index in [0.717, 1.165) is 10.0 Å². The van der Waals surface area contributed by atoms with Crippen molar-refractivity contribution in [3.63, 3.8) is 0 Å². The minimum Gasteiger partial charge on any atom is -0.493 e. The summed E-state index contributed by atoms with van der Waals surface area (Å²) in [6, 6.07) is 3.63. The molecular weight excluding hydrogens is 300 g/mol. The van der Waals surface area contributed by atoms with Gasteiger partial charge in [0.25, 0.3) is 0 Å². The molecule has 0 unspecified atom stereocenters. The van der Waals surface area contributed by atoms with Crippen LogP contribution in [0.3, 0.4) is 0 Å². The van der Waals surface area contributed by atoms with Crippen LogP contribution in [-0.2, 0) is 11.2 Å². The lowest BCUT2D eigenvalue weighted by Gasteiger charge is -2.15. The van der Waals surface area contributed by atoms with Crippen LogP contribution in [0.5, 0.6) is 11.5 Å². The topological polar surface area (TPSA) is 55.8 Å². The van der Waals surface area contributed by atoms with E-state index < -0.39 is 5.97 Å². The summed E-state index contributed by atoms with van der Waals surface area (Å²) < 4.78 is 11.7. The predicted molar refractivity (Wildman–Crippen MR) is 72.4 cm³/mol. The molecule has 0 bridgehead atoms. The molecule has 0 aliphatic carbocycles. The number of aryl methyl sites for hydroxylation is 1. The monoisotopic (exact) mass is 316 g/mol. The van der Waals surface area contributed by atoms with Gasteiger partial charge in [-0.05, 0) is 38.0 Å². The standard InChI is InChI=1S/C13H17BrO4/c1-8(2)18-12-6-9(4-5-13(15)16)10(14)7-11(12)17-3/h6-8H,4-5H2,1-3H3,(H,15,16). The second-order valence-electron chi connectivity index (χ2n) is 4.15. The quantitative estimate of drug-likeness (QED) is 0.875. The van der Waals surface area contributed by atoms with E-state index in [9.17, 15) is 4.79 Å². The summed E-state index contributed by atoms with van der Waals surface area (Å²) in [5, 5.41) is 8.71. The Labute approximate surface area is 115 Å². The van der Waals surface area contributed by atoms with Gasteiger partial charge in [-0.15, -0.1) is 0 Å². The van der Waals surface area contributed by atoms with Gasteiger partial charge < -0.3 is 14.6 Å². The van der Waals surface area contributed by atoms with Gasteiger partial charge in [0, 0.05) is 10.9 Å². The molecule has 0 heterocycles. The van der Waals surface area contributed by atoms with Crippen LogP contribution in [0.1, 0.15) is 25.8 Å². The van der Waals surface area contributed by atoms with E-state index in [1.807, 2.05) is 19.9 Å². The van der Waals surface area contributed by atoms with Crippen LogP contribution in [0, 0.1) is 0 Å². The fourth-order valence-electron chi connectivity index (χ4n) is 1.52. The smallest absolute Gasteiger partial charge is 0.303 e. The van der Waals surface area contributed by atoms with Gasteiger partial charge in [0.1, 0.15) is 0 Å². The molecule has 0 saturated carbocycles. The SMILES string of the molecule is COc1cc(Br)c(CCC(=O)O)cc1OC(C)C. The number of carbonyl (C=O) groups is 1. The van der Waals surface area contributed by atoms with Gasteiger partial charge in [-0.3, -0.25) is 4.79 Å². The van der Waals surface area contributed by atoms with Crippen molar-refractivity contribution in [3.8, 4) is 11.5 Å². The van der Waals surface area contributed by atoms with E-state index in [4.69, 9.17) is 14.6 Å². The molecule has 1 aromatic carbocycles. The first kappa shape index (κ1) is 14.8. The van der Waals surface area contributed by atoms with Crippen molar-refractivity contribution in [2.75, 3.05) is 7.11 Å². The summed E-state index contributed by atoms with van der Waals surface area (Å²) in [5.41, 5.74) is 0.897. The molecule has 0 spiro atoms. The van der Waals surface area contributed by atoms with Crippen LogP contribution in [0.4, 0.5) is 0 Å². The largest absolute Gasteiger partial charge is 0.493 e. The van der Waals surface area contributed by atoms with E-state index in [-0.39, 0.29) is 12.5 Å². The molecule has 1 rings (SSSR count). The maximum Gasteiger partial charge on any atom is 0.303 e. The van der Waals surface area contributed by atoms with Crippen molar-refractivity contribution >= 4 is 21.9 Å². The van der Waals surface area contributed by atoms with Gasteiger partial charge in [0.2, 0.25) is 0 Å². The van der Waals surface area contributed by atoms with Crippen molar-refractivity contribution in [1.29, 1.82) is 0 Å². The molecule has 0 fully saturated rings. The number of methoxy groups -OCH3 is 1. The number of hydrogen-bond acceptors (Lipinski definition) is 3. The number of carboxylic acids is 1. The van der Waals surface area contributed by atoms with Crippen molar-refractivity contribution in [2.45, 2.75) is 32.8 Å². The molecule has 100 valence electrons. The highest BCUT2D eigenvalue weighted by Crippen LogP contribution is 2.34. The van der Waals surface area contributed by atoms with Crippen molar-refractivity contribution in [3.05, 3.63) is 22.2 Å². The Morgan fingerprint density at radius 2 is 2.06 bits per heavy atom. The third kappa shape index (κ3) is 4.22. The Morgan fingerprint density at radius 1 is 1.39 bits per heavy atom. The van der Waals surface area contributed by atoms with Gasteiger partial charge in [-0.25, -0.2) is 0 Å². The molecule has 0 amide bonds. The first-order valence-electron chi connectivity index (χ1n) is 5.69. The first-order valence-corrected chi connectivity index (χ1v) is 6.48. The third-order valence-corrected chi connectivity index (χ3v) is 3.04.